The summed E-state index contributed by atoms with van der Waals surface area (Å²) in [6.45, 7) is 1.93. The first-order valence-corrected chi connectivity index (χ1v) is 13.0. The van der Waals surface area contributed by atoms with Gasteiger partial charge in [0.15, 0.2) is 23.4 Å². The van der Waals surface area contributed by atoms with E-state index in [-0.39, 0.29) is 23.5 Å². The van der Waals surface area contributed by atoms with Crippen LogP contribution in [0.15, 0.2) is 36.5 Å². The monoisotopic (exact) mass is 473 g/mol. The lowest BCUT2D eigenvalue weighted by Gasteiger charge is -2.65. The SMILES string of the molecule is O=C(CCc1ccccn1)N[C@@]12CCC(=O)[C@@H]3Oc4c(O)ccc5c4[C@@]31CCN(CC1CC1)[C@@H]2C5. The Hall–Kier alpha value is -2.93. The van der Waals surface area contributed by atoms with Gasteiger partial charge in [0.1, 0.15) is 0 Å². The second-order valence-electron chi connectivity index (χ2n) is 11.1. The van der Waals surface area contributed by atoms with Crippen molar-refractivity contribution in [1.29, 1.82) is 0 Å². The molecule has 3 fully saturated rings. The number of piperidine rings is 1. The molecule has 2 saturated carbocycles. The normalized spacial score (nSPS) is 32.6. The number of rotatable bonds is 6. The van der Waals surface area contributed by atoms with Crippen LogP contribution in [-0.2, 0) is 27.8 Å². The quantitative estimate of drug-likeness (QED) is 0.670. The van der Waals surface area contributed by atoms with Gasteiger partial charge in [0.2, 0.25) is 5.91 Å². The Bertz CT molecular complexity index is 1210. The van der Waals surface area contributed by atoms with Crippen molar-refractivity contribution in [3.05, 3.63) is 53.3 Å². The number of ketones is 1. The van der Waals surface area contributed by atoms with Gasteiger partial charge in [0, 0.05) is 42.9 Å². The Labute approximate surface area is 204 Å². The van der Waals surface area contributed by atoms with Gasteiger partial charge in [0.25, 0.3) is 0 Å². The summed E-state index contributed by atoms with van der Waals surface area (Å²) >= 11 is 0. The Kier molecular flexibility index (Phi) is 4.60. The number of carbonyl (C=O) groups is 2. The molecule has 1 spiro atoms. The molecule has 7 rings (SSSR count). The summed E-state index contributed by atoms with van der Waals surface area (Å²) < 4.78 is 6.31. The standard InChI is InChI=1S/C28H31N3O4/c32-20-8-6-18-15-22-28(30-23(34)9-7-19-3-1-2-13-29-19)11-10-21(33)26-27(28,24(18)25(20)35-26)12-14-31(22)16-17-4-5-17/h1-3,6,8,13,17,22,26,32H,4-5,7,9-12,14-16H2,(H,30,34)/t22-,26+,27+,28-/m1/s1. The van der Waals surface area contributed by atoms with E-state index in [0.29, 0.717) is 31.4 Å². The van der Waals surface area contributed by atoms with Gasteiger partial charge in [-0.05, 0) is 74.8 Å². The van der Waals surface area contributed by atoms with Crippen LogP contribution < -0.4 is 10.1 Å². The van der Waals surface area contributed by atoms with Crippen molar-refractivity contribution in [3.63, 3.8) is 0 Å². The molecule has 0 radical (unpaired) electrons. The topological polar surface area (TPSA) is 91.8 Å². The number of nitrogens with one attached hydrogen (secondary N) is 1. The van der Waals surface area contributed by atoms with E-state index < -0.39 is 17.1 Å². The Morgan fingerprint density at radius 1 is 1.23 bits per heavy atom. The third-order valence-corrected chi connectivity index (χ3v) is 9.31. The molecule has 3 heterocycles. The molecule has 1 amide bonds. The Morgan fingerprint density at radius 2 is 2.11 bits per heavy atom. The van der Waals surface area contributed by atoms with E-state index in [4.69, 9.17) is 4.74 Å². The number of phenolic OH excluding ortho intramolecular Hbond substituents is 1. The predicted molar refractivity (Wildman–Crippen MR) is 128 cm³/mol. The second-order valence-corrected chi connectivity index (χ2v) is 11.1. The highest BCUT2D eigenvalue weighted by atomic mass is 16.5. The van der Waals surface area contributed by atoms with Gasteiger partial charge in [-0.1, -0.05) is 12.1 Å². The van der Waals surface area contributed by atoms with Gasteiger partial charge in [0.05, 0.1) is 11.0 Å². The number of carbonyl (C=O) groups excluding carboxylic acids is 2. The number of nitrogens with zero attached hydrogens (tertiary/aromatic N) is 2. The fourth-order valence-electron chi connectivity index (χ4n) is 7.66. The zero-order valence-electron chi connectivity index (χ0n) is 19.8. The number of Topliss-reactive ketones (excluding diaryl/α,β-unsaturated/α-hetero) is 1. The summed E-state index contributed by atoms with van der Waals surface area (Å²) in [7, 11) is 0. The van der Waals surface area contributed by atoms with Crippen LogP contribution in [0.5, 0.6) is 11.5 Å². The Balaban J connectivity index is 1.31. The predicted octanol–water partition coefficient (Wildman–Crippen LogP) is 2.68. The summed E-state index contributed by atoms with van der Waals surface area (Å²) in [6.07, 6.45) is 7.11. The van der Waals surface area contributed by atoms with Crippen molar-refractivity contribution in [2.75, 3.05) is 13.1 Å². The van der Waals surface area contributed by atoms with E-state index in [0.717, 1.165) is 48.7 Å². The molecular formula is C28H31N3O4. The van der Waals surface area contributed by atoms with E-state index in [1.54, 1.807) is 12.3 Å². The summed E-state index contributed by atoms with van der Waals surface area (Å²) in [5.74, 6) is 1.37. The molecule has 1 aromatic heterocycles. The highest BCUT2D eigenvalue weighted by Gasteiger charge is 2.73. The molecule has 2 bridgehead atoms. The smallest absolute Gasteiger partial charge is 0.220 e. The fourth-order valence-corrected chi connectivity index (χ4v) is 7.66. The van der Waals surface area contributed by atoms with E-state index in [1.807, 2.05) is 24.3 Å². The van der Waals surface area contributed by atoms with E-state index >= 15 is 0 Å². The minimum Gasteiger partial charge on any atom is -0.504 e. The van der Waals surface area contributed by atoms with Crippen LogP contribution in [0.1, 0.15) is 55.3 Å². The van der Waals surface area contributed by atoms with Crippen molar-refractivity contribution in [1.82, 2.24) is 15.2 Å². The van der Waals surface area contributed by atoms with Crippen LogP contribution >= 0.6 is 0 Å². The number of aromatic nitrogens is 1. The van der Waals surface area contributed by atoms with Crippen LogP contribution in [0.2, 0.25) is 0 Å². The van der Waals surface area contributed by atoms with Crippen molar-refractivity contribution in [2.45, 2.75) is 74.5 Å². The van der Waals surface area contributed by atoms with E-state index in [1.165, 1.54) is 12.8 Å². The molecule has 0 unspecified atom stereocenters. The number of likely N-dealkylation sites (tertiary alicyclic amines) is 1. The number of benzene rings is 1. The molecule has 2 aromatic rings. The summed E-state index contributed by atoms with van der Waals surface area (Å²) in [5.41, 5.74) is 1.80. The maximum absolute atomic E-state index is 13.6. The molecule has 4 atom stereocenters. The first-order valence-electron chi connectivity index (χ1n) is 13.0. The first-order chi connectivity index (χ1) is 17.0. The third-order valence-electron chi connectivity index (χ3n) is 9.31. The molecule has 1 saturated heterocycles. The molecular weight excluding hydrogens is 442 g/mol. The van der Waals surface area contributed by atoms with E-state index in [9.17, 15) is 14.7 Å². The zero-order chi connectivity index (χ0) is 23.8. The maximum atomic E-state index is 13.6. The lowest BCUT2D eigenvalue weighted by molar-refractivity contribution is -0.150. The number of ether oxygens (including phenoxy) is 1. The molecule has 3 aliphatic carbocycles. The number of amides is 1. The van der Waals surface area contributed by atoms with Crippen molar-refractivity contribution < 1.29 is 19.4 Å². The molecule has 7 nitrogen and oxygen atoms in total. The largest absolute Gasteiger partial charge is 0.504 e. The van der Waals surface area contributed by atoms with Gasteiger partial charge >= 0.3 is 0 Å². The molecule has 2 N–H and O–H groups in total. The van der Waals surface area contributed by atoms with Crippen molar-refractivity contribution in [2.24, 2.45) is 5.92 Å². The molecule has 2 aliphatic heterocycles. The molecule has 7 heteroatoms. The van der Waals surface area contributed by atoms with Gasteiger partial charge < -0.3 is 15.2 Å². The van der Waals surface area contributed by atoms with Crippen LogP contribution in [0, 0.1) is 5.92 Å². The molecule has 5 aliphatic rings. The summed E-state index contributed by atoms with van der Waals surface area (Å²) in [5, 5.41) is 14.3. The number of pyridine rings is 1. The average Bonchev–Trinajstić information content (AvgIpc) is 3.60. The number of hydrogen-bond acceptors (Lipinski definition) is 6. The maximum Gasteiger partial charge on any atom is 0.220 e. The van der Waals surface area contributed by atoms with Gasteiger partial charge in [-0.15, -0.1) is 0 Å². The number of hydrogen-bond donors (Lipinski definition) is 2. The summed E-state index contributed by atoms with van der Waals surface area (Å²) in [6, 6.07) is 9.58. The lowest BCUT2D eigenvalue weighted by atomic mass is 9.47. The van der Waals surface area contributed by atoms with Crippen LogP contribution in [0.25, 0.3) is 0 Å². The van der Waals surface area contributed by atoms with Gasteiger partial charge in [-0.25, -0.2) is 0 Å². The van der Waals surface area contributed by atoms with Crippen molar-refractivity contribution in [3.8, 4) is 11.5 Å². The van der Waals surface area contributed by atoms with Gasteiger partial charge in [-0.3, -0.25) is 19.5 Å². The highest BCUT2D eigenvalue weighted by Crippen LogP contribution is 2.65. The lowest BCUT2D eigenvalue weighted by Crippen LogP contribution is -2.82. The first kappa shape index (κ1) is 21.4. The summed E-state index contributed by atoms with van der Waals surface area (Å²) in [4.78, 5) is 33.8. The zero-order valence-corrected chi connectivity index (χ0v) is 19.8. The Morgan fingerprint density at radius 3 is 2.91 bits per heavy atom. The number of phenols is 1. The number of aromatic hydroxyl groups is 1. The number of aryl methyl sites for hydroxylation is 1. The minimum atomic E-state index is -0.653. The highest BCUT2D eigenvalue weighted by molar-refractivity contribution is 5.91. The van der Waals surface area contributed by atoms with Crippen LogP contribution in [-0.4, -0.2) is 57.5 Å². The van der Waals surface area contributed by atoms with E-state index in [2.05, 4.69) is 15.2 Å². The molecule has 35 heavy (non-hydrogen) atoms. The molecule has 1 aromatic carbocycles. The average molecular weight is 474 g/mol. The van der Waals surface area contributed by atoms with Gasteiger partial charge in [-0.2, -0.15) is 0 Å². The second kappa shape index (κ2) is 7.53. The fraction of sp³-hybridized carbons (Fsp3) is 0.536. The molecule has 182 valence electrons. The van der Waals surface area contributed by atoms with Crippen LogP contribution in [0.4, 0.5) is 0 Å². The van der Waals surface area contributed by atoms with Crippen LogP contribution in [0.3, 0.4) is 0 Å². The third kappa shape index (κ3) is 2.97. The minimum absolute atomic E-state index is 0.00143. The van der Waals surface area contributed by atoms with Crippen molar-refractivity contribution >= 4 is 11.7 Å².